The van der Waals surface area contributed by atoms with Gasteiger partial charge in [0.2, 0.25) is 5.54 Å². The Hall–Kier alpha value is 0.545. The van der Waals surface area contributed by atoms with Crippen LogP contribution in [0.15, 0.2) is 0 Å². The van der Waals surface area contributed by atoms with Crippen LogP contribution in [-0.2, 0) is 0 Å². The van der Waals surface area contributed by atoms with E-state index in [1.165, 1.54) is 0 Å². The van der Waals surface area contributed by atoms with Crippen molar-refractivity contribution in [3.05, 3.63) is 0 Å². The maximum atomic E-state index is 3.44. The lowest BCUT2D eigenvalue weighted by atomic mass is 9.69. The molecular weight excluding hydrogens is 139 g/mol. The van der Waals surface area contributed by atoms with Crippen molar-refractivity contribution in [1.82, 2.24) is 0 Å². The minimum atomic E-state index is 0.664. The fourth-order valence-corrected chi connectivity index (χ4v) is 0. The zero-order valence-corrected chi connectivity index (χ0v) is 6.12. The molecule has 0 atom stereocenters. The van der Waals surface area contributed by atoms with Crippen LogP contribution in [0.25, 0.3) is 0 Å². The summed E-state index contributed by atoms with van der Waals surface area (Å²) in [5, 5.41) is 0. The molecule has 0 rings (SSSR count). The Morgan fingerprint density at radius 1 is 1.50 bits per heavy atom. The monoisotopic (exact) mass is 148 g/mol. The molecular formula is C4H10BBr. The summed E-state index contributed by atoms with van der Waals surface area (Å²) in [6.45, 7) is 6.55. The van der Waals surface area contributed by atoms with E-state index in [1.807, 2.05) is 0 Å². The first-order chi connectivity index (χ1) is 2.64. The van der Waals surface area contributed by atoms with E-state index < -0.39 is 0 Å². The van der Waals surface area contributed by atoms with E-state index >= 15 is 0 Å². The second-order valence-corrected chi connectivity index (χ2v) is 3.37. The highest BCUT2D eigenvalue weighted by atomic mass is 79.9. The average molecular weight is 149 g/mol. The topological polar surface area (TPSA) is 0 Å². The third kappa shape index (κ3) is 2.76. The highest BCUT2D eigenvalue weighted by Crippen LogP contribution is 2.10. The fraction of sp³-hybridized carbons (Fsp3) is 1.00. The van der Waals surface area contributed by atoms with Gasteiger partial charge in [-0.05, 0) is 0 Å². The van der Waals surface area contributed by atoms with E-state index in [0.29, 0.717) is 5.54 Å². The van der Waals surface area contributed by atoms with Gasteiger partial charge in [0, 0.05) is 0 Å². The van der Waals surface area contributed by atoms with Crippen molar-refractivity contribution in [2.75, 3.05) is 0 Å². The van der Waals surface area contributed by atoms with E-state index in [2.05, 4.69) is 36.4 Å². The standard InChI is InChI=1S/C4H10BBr/c1-4(2)5(3)6/h4H,1-3H3. The van der Waals surface area contributed by atoms with Gasteiger partial charge in [0.1, 0.15) is 0 Å². The third-order valence-corrected chi connectivity index (χ3v) is 1.98. The van der Waals surface area contributed by atoms with Crippen molar-refractivity contribution in [2.24, 2.45) is 0 Å². The second kappa shape index (κ2) is 2.67. The summed E-state index contributed by atoms with van der Waals surface area (Å²) in [7, 11) is 0. The lowest BCUT2D eigenvalue weighted by Gasteiger charge is -1.98. The molecule has 0 aliphatic heterocycles. The van der Waals surface area contributed by atoms with E-state index in [4.69, 9.17) is 0 Å². The van der Waals surface area contributed by atoms with Crippen LogP contribution < -0.4 is 0 Å². The van der Waals surface area contributed by atoms with Crippen LogP contribution in [0.3, 0.4) is 0 Å². The molecule has 0 aliphatic rings. The summed E-state index contributed by atoms with van der Waals surface area (Å²) < 4.78 is 0. The summed E-state index contributed by atoms with van der Waals surface area (Å²) in [6.07, 6.45) is 0. The van der Waals surface area contributed by atoms with Gasteiger partial charge in [-0.25, -0.2) is 0 Å². The summed E-state index contributed by atoms with van der Waals surface area (Å²) in [6, 6.07) is 0. The molecule has 0 aromatic carbocycles. The van der Waals surface area contributed by atoms with Crippen molar-refractivity contribution < 1.29 is 0 Å². The predicted octanol–water partition coefficient (Wildman–Crippen LogP) is 2.41. The minimum absolute atomic E-state index is 0.664. The van der Waals surface area contributed by atoms with Crippen molar-refractivity contribution in [2.45, 2.75) is 26.5 Å². The molecule has 0 unspecified atom stereocenters. The lowest BCUT2D eigenvalue weighted by molar-refractivity contribution is 1.06. The van der Waals surface area contributed by atoms with Gasteiger partial charge >= 0.3 is 0 Å². The molecule has 0 saturated carbocycles. The SMILES string of the molecule is CB(Br)C(C)C. The molecule has 0 aromatic rings. The molecule has 0 aliphatic carbocycles. The second-order valence-electron chi connectivity index (χ2n) is 1.92. The van der Waals surface area contributed by atoms with Crippen LogP contribution >= 0.6 is 15.8 Å². The Balaban J connectivity index is 2.99. The van der Waals surface area contributed by atoms with Gasteiger partial charge in [-0.15, -0.1) is 0 Å². The molecule has 6 heavy (non-hydrogen) atoms. The first-order valence-electron chi connectivity index (χ1n) is 2.28. The van der Waals surface area contributed by atoms with Gasteiger partial charge in [-0.3, -0.25) is 0 Å². The van der Waals surface area contributed by atoms with Crippen LogP contribution in [0.1, 0.15) is 13.8 Å². The number of hydrogen-bond donors (Lipinski definition) is 0. The lowest BCUT2D eigenvalue weighted by Crippen LogP contribution is -1.98. The molecule has 0 saturated heterocycles. The number of hydrogen-bond acceptors (Lipinski definition) is 0. The summed E-state index contributed by atoms with van der Waals surface area (Å²) in [5.74, 6) is 0.769. The van der Waals surface area contributed by atoms with Crippen LogP contribution in [0.2, 0.25) is 12.6 Å². The summed E-state index contributed by atoms with van der Waals surface area (Å²) in [4.78, 5) is 0. The van der Waals surface area contributed by atoms with E-state index in [1.54, 1.807) is 0 Å². The van der Waals surface area contributed by atoms with Crippen molar-refractivity contribution in [1.29, 1.82) is 0 Å². The average Bonchev–Trinajstić information content (AvgIpc) is 1.36. The highest BCUT2D eigenvalue weighted by molar-refractivity contribution is 9.24. The van der Waals surface area contributed by atoms with Gasteiger partial charge in [0.25, 0.3) is 0 Å². The van der Waals surface area contributed by atoms with Gasteiger partial charge in [-0.2, -0.15) is 15.8 Å². The number of rotatable bonds is 1. The van der Waals surface area contributed by atoms with E-state index in [9.17, 15) is 0 Å². The maximum absolute atomic E-state index is 3.44. The molecule has 0 aromatic heterocycles. The molecule has 0 fully saturated rings. The molecule has 0 amide bonds. The Morgan fingerprint density at radius 3 is 1.67 bits per heavy atom. The first-order valence-corrected chi connectivity index (χ1v) is 3.20. The minimum Gasteiger partial charge on any atom is -0.157 e. The van der Waals surface area contributed by atoms with Crippen LogP contribution in [-0.4, -0.2) is 5.54 Å². The molecule has 0 N–H and O–H groups in total. The van der Waals surface area contributed by atoms with Crippen molar-refractivity contribution in [3.8, 4) is 0 Å². The quantitative estimate of drug-likeness (QED) is 0.502. The van der Waals surface area contributed by atoms with Crippen molar-refractivity contribution >= 4 is 21.3 Å². The first kappa shape index (κ1) is 6.54. The van der Waals surface area contributed by atoms with Crippen LogP contribution in [0.4, 0.5) is 0 Å². The summed E-state index contributed by atoms with van der Waals surface area (Å²) >= 11 is 3.44. The van der Waals surface area contributed by atoms with E-state index in [-0.39, 0.29) is 0 Å². The molecule has 0 spiro atoms. The maximum Gasteiger partial charge on any atom is 0.222 e. The molecule has 0 heterocycles. The zero-order valence-electron chi connectivity index (χ0n) is 4.53. The smallest absolute Gasteiger partial charge is 0.157 e. The van der Waals surface area contributed by atoms with Gasteiger partial charge in [0.05, 0.1) is 0 Å². The zero-order chi connectivity index (χ0) is 5.15. The fourth-order valence-electron chi connectivity index (χ4n) is 0. The van der Waals surface area contributed by atoms with Gasteiger partial charge in [-0.1, -0.05) is 26.5 Å². The third-order valence-electron chi connectivity index (χ3n) is 0.919. The van der Waals surface area contributed by atoms with Crippen molar-refractivity contribution in [3.63, 3.8) is 0 Å². The Kier molecular flexibility index (Phi) is 2.92. The summed E-state index contributed by atoms with van der Waals surface area (Å²) in [5.41, 5.74) is 0.664. The Morgan fingerprint density at radius 2 is 1.67 bits per heavy atom. The molecule has 0 radical (unpaired) electrons. The normalized spacial score (nSPS) is 9.50. The van der Waals surface area contributed by atoms with E-state index in [0.717, 1.165) is 5.82 Å². The Labute approximate surface area is 48.4 Å². The van der Waals surface area contributed by atoms with Crippen LogP contribution in [0.5, 0.6) is 0 Å². The van der Waals surface area contributed by atoms with Gasteiger partial charge < -0.3 is 0 Å². The number of halogens is 1. The largest absolute Gasteiger partial charge is 0.222 e. The highest BCUT2D eigenvalue weighted by Gasteiger charge is 2.03. The van der Waals surface area contributed by atoms with Crippen LogP contribution in [0, 0.1) is 0 Å². The molecule has 0 bridgehead atoms. The molecule has 0 nitrogen and oxygen atoms in total. The van der Waals surface area contributed by atoms with Gasteiger partial charge in [0.15, 0.2) is 0 Å². The Bertz CT molecular complexity index is 28.5. The molecule has 36 valence electrons. The predicted molar refractivity (Wildman–Crippen MR) is 35.6 cm³/mol. The molecule has 2 heteroatoms.